The molecule has 0 radical (unpaired) electrons. The lowest BCUT2D eigenvalue weighted by Crippen LogP contribution is -2.48. The van der Waals surface area contributed by atoms with E-state index in [0.29, 0.717) is 35.9 Å². The molecule has 29 heavy (non-hydrogen) atoms. The fourth-order valence-corrected chi connectivity index (χ4v) is 4.98. The number of benzene rings is 1. The second kappa shape index (κ2) is 5.63. The highest BCUT2D eigenvalue weighted by molar-refractivity contribution is 6.35. The van der Waals surface area contributed by atoms with E-state index in [0.717, 1.165) is 41.5 Å². The highest BCUT2D eigenvalue weighted by Gasteiger charge is 2.53. The summed E-state index contributed by atoms with van der Waals surface area (Å²) in [5.41, 5.74) is 3.80. The lowest BCUT2D eigenvalue weighted by molar-refractivity contribution is 0.0604. The molecule has 1 saturated carbocycles. The summed E-state index contributed by atoms with van der Waals surface area (Å²) in [7, 11) is 1.89. The molecule has 7 nitrogen and oxygen atoms in total. The zero-order valence-corrected chi connectivity index (χ0v) is 16.8. The van der Waals surface area contributed by atoms with Crippen LogP contribution in [-0.4, -0.2) is 55.5 Å². The van der Waals surface area contributed by atoms with E-state index in [9.17, 15) is 9.59 Å². The molecule has 6 rings (SSSR count). The number of fused-ring (bicyclic) bond motifs is 4. The number of aromatic nitrogens is 3. The molecule has 8 heteroatoms. The molecule has 2 amide bonds. The van der Waals surface area contributed by atoms with Crippen molar-refractivity contribution in [2.45, 2.75) is 37.9 Å². The minimum atomic E-state index is -0.0851. The van der Waals surface area contributed by atoms with Gasteiger partial charge in [-0.15, -0.1) is 0 Å². The SMILES string of the molecule is CN1C(=O)c2c3c(nn2CC12CC2)CCN(C(=O)c1cc2c(Cl)cccc2[nH]1)C3. The zero-order chi connectivity index (χ0) is 19.9. The van der Waals surface area contributed by atoms with E-state index >= 15 is 0 Å². The van der Waals surface area contributed by atoms with Gasteiger partial charge in [0.1, 0.15) is 11.4 Å². The zero-order valence-electron chi connectivity index (χ0n) is 16.0. The Kier molecular flexibility index (Phi) is 3.32. The van der Waals surface area contributed by atoms with Crippen LogP contribution in [0.15, 0.2) is 24.3 Å². The summed E-state index contributed by atoms with van der Waals surface area (Å²) >= 11 is 6.25. The summed E-state index contributed by atoms with van der Waals surface area (Å²) in [4.78, 5) is 33.1. The number of nitrogens with zero attached hydrogens (tertiary/aromatic N) is 4. The highest BCUT2D eigenvalue weighted by Crippen LogP contribution is 2.46. The van der Waals surface area contributed by atoms with Crippen molar-refractivity contribution in [3.63, 3.8) is 0 Å². The van der Waals surface area contributed by atoms with E-state index in [4.69, 9.17) is 16.7 Å². The van der Waals surface area contributed by atoms with Crippen molar-refractivity contribution in [1.29, 1.82) is 0 Å². The predicted molar refractivity (Wildman–Crippen MR) is 108 cm³/mol. The number of hydrogen-bond acceptors (Lipinski definition) is 3. The van der Waals surface area contributed by atoms with Crippen LogP contribution in [0, 0.1) is 0 Å². The van der Waals surface area contributed by atoms with Crippen molar-refractivity contribution in [3.05, 3.63) is 51.9 Å². The van der Waals surface area contributed by atoms with Gasteiger partial charge < -0.3 is 14.8 Å². The van der Waals surface area contributed by atoms with E-state index < -0.39 is 0 Å². The van der Waals surface area contributed by atoms with Crippen LogP contribution in [0.1, 0.15) is 45.1 Å². The topological polar surface area (TPSA) is 74.2 Å². The van der Waals surface area contributed by atoms with Gasteiger partial charge in [-0.25, -0.2) is 0 Å². The van der Waals surface area contributed by atoms with Gasteiger partial charge in [-0.2, -0.15) is 5.10 Å². The quantitative estimate of drug-likeness (QED) is 0.671. The molecular weight excluding hydrogens is 390 g/mol. The van der Waals surface area contributed by atoms with Crippen LogP contribution in [0.3, 0.4) is 0 Å². The average Bonchev–Trinajstić information content (AvgIpc) is 3.19. The number of halogens is 1. The Hall–Kier alpha value is -2.80. The van der Waals surface area contributed by atoms with Crippen molar-refractivity contribution in [2.75, 3.05) is 13.6 Å². The largest absolute Gasteiger partial charge is 0.350 e. The Morgan fingerprint density at radius 1 is 1.31 bits per heavy atom. The maximum absolute atomic E-state index is 13.2. The Labute approximate surface area is 172 Å². The Balaban J connectivity index is 1.34. The van der Waals surface area contributed by atoms with Crippen molar-refractivity contribution < 1.29 is 9.59 Å². The van der Waals surface area contributed by atoms with E-state index in [1.807, 2.05) is 34.8 Å². The number of likely N-dealkylation sites (N-methyl/N-ethyl adjacent to an activating group) is 1. The number of hydrogen-bond donors (Lipinski definition) is 1. The molecule has 2 aliphatic heterocycles. The third-order valence-electron chi connectivity index (χ3n) is 6.72. The second-order valence-corrected chi connectivity index (χ2v) is 8.79. The Bertz CT molecular complexity index is 1210. The van der Waals surface area contributed by atoms with Crippen LogP contribution in [0.2, 0.25) is 5.02 Å². The van der Waals surface area contributed by atoms with Gasteiger partial charge in [0.15, 0.2) is 0 Å². The second-order valence-electron chi connectivity index (χ2n) is 8.38. The lowest BCUT2D eigenvalue weighted by Gasteiger charge is -2.34. The minimum absolute atomic E-state index is 0.0224. The predicted octanol–water partition coefficient (Wildman–Crippen LogP) is 2.83. The van der Waals surface area contributed by atoms with E-state index in [1.54, 1.807) is 11.0 Å². The molecule has 3 aromatic rings. The molecule has 0 atom stereocenters. The summed E-state index contributed by atoms with van der Waals surface area (Å²) in [6.45, 7) is 1.74. The third-order valence-corrected chi connectivity index (χ3v) is 7.05. The van der Waals surface area contributed by atoms with Gasteiger partial charge in [-0.3, -0.25) is 14.3 Å². The number of H-pyrrole nitrogens is 1. The molecule has 1 aliphatic carbocycles. The monoisotopic (exact) mass is 409 g/mol. The van der Waals surface area contributed by atoms with Crippen LogP contribution in [-0.2, 0) is 19.5 Å². The highest BCUT2D eigenvalue weighted by atomic mass is 35.5. The molecule has 1 fully saturated rings. The molecule has 1 spiro atoms. The molecule has 3 aliphatic rings. The first kappa shape index (κ1) is 17.1. The normalized spacial score (nSPS) is 19.6. The molecule has 2 aromatic heterocycles. The lowest BCUT2D eigenvalue weighted by atomic mass is 10.0. The number of amides is 2. The van der Waals surface area contributed by atoms with E-state index in [1.165, 1.54) is 0 Å². The fraction of sp³-hybridized carbons (Fsp3) is 0.381. The molecule has 4 heterocycles. The molecule has 0 saturated heterocycles. The molecule has 1 N–H and O–H groups in total. The number of carbonyl (C=O) groups excluding carboxylic acids is 2. The molecule has 0 bridgehead atoms. The summed E-state index contributed by atoms with van der Waals surface area (Å²) in [5, 5.41) is 6.19. The van der Waals surface area contributed by atoms with Gasteiger partial charge in [-0.1, -0.05) is 17.7 Å². The van der Waals surface area contributed by atoms with E-state index in [2.05, 4.69) is 4.98 Å². The molecule has 148 valence electrons. The number of aromatic amines is 1. The van der Waals surface area contributed by atoms with Crippen molar-refractivity contribution in [2.24, 2.45) is 0 Å². The molecule has 0 unspecified atom stereocenters. The maximum Gasteiger partial charge on any atom is 0.272 e. The first-order valence-electron chi connectivity index (χ1n) is 9.90. The van der Waals surface area contributed by atoms with Gasteiger partial charge in [-0.05, 0) is 31.0 Å². The first-order valence-corrected chi connectivity index (χ1v) is 10.3. The van der Waals surface area contributed by atoms with Gasteiger partial charge in [0, 0.05) is 41.5 Å². The van der Waals surface area contributed by atoms with Crippen molar-refractivity contribution in [3.8, 4) is 0 Å². The number of nitrogens with one attached hydrogen (secondary N) is 1. The average molecular weight is 410 g/mol. The Morgan fingerprint density at radius 3 is 2.90 bits per heavy atom. The Morgan fingerprint density at radius 2 is 2.14 bits per heavy atom. The molecule has 1 aromatic carbocycles. The minimum Gasteiger partial charge on any atom is -0.350 e. The first-order chi connectivity index (χ1) is 14.0. The van der Waals surface area contributed by atoms with Crippen LogP contribution >= 0.6 is 11.6 Å². The number of rotatable bonds is 1. The van der Waals surface area contributed by atoms with Gasteiger partial charge in [0.25, 0.3) is 11.8 Å². The summed E-state index contributed by atoms with van der Waals surface area (Å²) in [6.07, 6.45) is 2.73. The van der Waals surface area contributed by atoms with Crippen molar-refractivity contribution >= 4 is 34.3 Å². The maximum atomic E-state index is 13.2. The van der Waals surface area contributed by atoms with E-state index in [-0.39, 0.29) is 17.4 Å². The molecular formula is C21H20ClN5O2. The van der Waals surface area contributed by atoms with Gasteiger partial charge in [0.2, 0.25) is 0 Å². The standard InChI is InChI=1S/C21H20ClN5O2/c1-25-20(29)18-13-10-26(8-5-16(13)24-27(18)11-21(25)6-7-21)19(28)17-9-12-14(22)3-2-4-15(12)23-17/h2-4,9,23H,5-8,10-11H2,1H3. The smallest absolute Gasteiger partial charge is 0.272 e. The number of carbonyl (C=O) groups is 2. The summed E-state index contributed by atoms with van der Waals surface area (Å²) in [6, 6.07) is 7.38. The van der Waals surface area contributed by atoms with Crippen LogP contribution in [0.25, 0.3) is 10.9 Å². The van der Waals surface area contributed by atoms with Crippen LogP contribution in [0.5, 0.6) is 0 Å². The fourth-order valence-electron chi connectivity index (χ4n) is 4.75. The van der Waals surface area contributed by atoms with Crippen molar-refractivity contribution in [1.82, 2.24) is 24.6 Å². The van der Waals surface area contributed by atoms with Gasteiger partial charge in [0.05, 0.1) is 24.3 Å². The van der Waals surface area contributed by atoms with Crippen LogP contribution in [0.4, 0.5) is 0 Å². The van der Waals surface area contributed by atoms with Crippen LogP contribution < -0.4 is 0 Å². The summed E-state index contributed by atoms with van der Waals surface area (Å²) in [5.74, 6) is -0.0627. The summed E-state index contributed by atoms with van der Waals surface area (Å²) < 4.78 is 1.89. The third kappa shape index (κ3) is 2.34. The van der Waals surface area contributed by atoms with Gasteiger partial charge >= 0.3 is 0 Å².